The highest BCUT2D eigenvalue weighted by Crippen LogP contribution is 2.27. The Kier molecular flexibility index (Phi) is 6.64. The van der Waals surface area contributed by atoms with Gasteiger partial charge in [0, 0.05) is 31.2 Å². The van der Waals surface area contributed by atoms with Gasteiger partial charge in [0.2, 0.25) is 5.91 Å². The second kappa shape index (κ2) is 8.71. The first-order chi connectivity index (χ1) is 11.5. The Hall–Kier alpha value is -2.04. The van der Waals surface area contributed by atoms with Crippen LogP contribution in [-0.4, -0.2) is 25.0 Å². The fourth-order valence-corrected chi connectivity index (χ4v) is 2.44. The van der Waals surface area contributed by atoms with E-state index in [0.717, 1.165) is 30.1 Å². The summed E-state index contributed by atoms with van der Waals surface area (Å²) in [5, 5.41) is 9.73. The van der Waals surface area contributed by atoms with E-state index in [1.165, 1.54) is 6.42 Å². The summed E-state index contributed by atoms with van der Waals surface area (Å²) in [5.74, 6) is 1.68. The third-order valence-corrected chi connectivity index (χ3v) is 4.72. The molecular formula is C19H30N4O. The van der Waals surface area contributed by atoms with E-state index in [4.69, 9.17) is 0 Å². The van der Waals surface area contributed by atoms with E-state index < -0.39 is 0 Å². The number of hydrogen-bond donors (Lipinski definition) is 3. The van der Waals surface area contributed by atoms with Gasteiger partial charge in [0.15, 0.2) is 5.96 Å². The summed E-state index contributed by atoms with van der Waals surface area (Å²) in [6.45, 7) is 7.17. The highest BCUT2D eigenvalue weighted by Gasteiger charge is 2.25. The molecule has 2 rings (SSSR count). The minimum Gasteiger partial charge on any atom is -0.354 e. The second-order valence-corrected chi connectivity index (χ2v) is 6.92. The number of carbonyl (C=O) groups is 1. The van der Waals surface area contributed by atoms with Gasteiger partial charge in [0.05, 0.1) is 0 Å². The van der Waals surface area contributed by atoms with Gasteiger partial charge in [-0.2, -0.15) is 0 Å². The number of benzene rings is 1. The Morgan fingerprint density at radius 1 is 1.29 bits per heavy atom. The number of carbonyl (C=O) groups excluding carboxylic acids is 1. The number of amides is 1. The zero-order valence-electron chi connectivity index (χ0n) is 15.2. The SMILES string of the molecule is CN=C(NCc1cccc(NC(=O)C2CCC2)c1)NC(C)C(C)C. The Morgan fingerprint density at radius 2 is 2.04 bits per heavy atom. The van der Waals surface area contributed by atoms with Crippen LogP contribution in [0, 0.1) is 11.8 Å². The summed E-state index contributed by atoms with van der Waals surface area (Å²) in [7, 11) is 1.78. The predicted octanol–water partition coefficient (Wildman–Crippen LogP) is 3.13. The Balaban J connectivity index is 1.87. The van der Waals surface area contributed by atoms with Crippen LogP contribution < -0.4 is 16.0 Å². The van der Waals surface area contributed by atoms with Crippen molar-refractivity contribution in [3.63, 3.8) is 0 Å². The maximum Gasteiger partial charge on any atom is 0.227 e. The first-order valence-electron chi connectivity index (χ1n) is 8.86. The zero-order chi connectivity index (χ0) is 17.5. The van der Waals surface area contributed by atoms with Crippen LogP contribution in [0.15, 0.2) is 29.3 Å². The second-order valence-electron chi connectivity index (χ2n) is 6.92. The molecule has 0 aliphatic heterocycles. The van der Waals surface area contributed by atoms with E-state index >= 15 is 0 Å². The molecule has 0 bridgehead atoms. The summed E-state index contributed by atoms with van der Waals surface area (Å²) in [5.41, 5.74) is 1.98. The van der Waals surface area contributed by atoms with Gasteiger partial charge in [-0.25, -0.2) is 0 Å². The van der Waals surface area contributed by atoms with Crippen molar-refractivity contribution in [2.24, 2.45) is 16.8 Å². The summed E-state index contributed by atoms with van der Waals surface area (Å²) >= 11 is 0. The van der Waals surface area contributed by atoms with Crippen molar-refractivity contribution < 1.29 is 4.79 Å². The fourth-order valence-electron chi connectivity index (χ4n) is 2.44. The van der Waals surface area contributed by atoms with Crippen LogP contribution in [0.25, 0.3) is 0 Å². The standard InChI is InChI=1S/C19H30N4O/c1-13(2)14(3)22-19(20-4)21-12-15-7-5-10-17(11-15)23-18(24)16-8-6-9-16/h5,7,10-11,13-14,16H,6,8-9,12H2,1-4H3,(H,23,24)(H2,20,21,22). The molecule has 0 aromatic heterocycles. The number of anilines is 1. The van der Waals surface area contributed by atoms with Gasteiger partial charge in [0.25, 0.3) is 0 Å². The fraction of sp³-hybridized carbons (Fsp3) is 0.579. The van der Waals surface area contributed by atoms with Crippen molar-refractivity contribution in [1.82, 2.24) is 10.6 Å². The third kappa shape index (κ3) is 5.25. The maximum absolute atomic E-state index is 12.0. The summed E-state index contributed by atoms with van der Waals surface area (Å²) in [4.78, 5) is 16.3. The number of guanidine groups is 1. The molecule has 1 atom stereocenters. The summed E-state index contributed by atoms with van der Waals surface area (Å²) < 4.78 is 0. The van der Waals surface area contributed by atoms with Gasteiger partial charge in [0.1, 0.15) is 0 Å². The molecule has 1 aliphatic rings. The molecule has 24 heavy (non-hydrogen) atoms. The van der Waals surface area contributed by atoms with Crippen molar-refractivity contribution in [1.29, 1.82) is 0 Å². The lowest BCUT2D eigenvalue weighted by molar-refractivity contribution is -0.122. The zero-order valence-corrected chi connectivity index (χ0v) is 15.2. The highest BCUT2D eigenvalue weighted by atomic mass is 16.1. The van der Waals surface area contributed by atoms with E-state index in [2.05, 4.69) is 41.7 Å². The normalized spacial score (nSPS) is 16.5. The van der Waals surface area contributed by atoms with Gasteiger partial charge >= 0.3 is 0 Å². The summed E-state index contributed by atoms with van der Waals surface area (Å²) in [6.07, 6.45) is 3.20. The lowest BCUT2D eigenvalue weighted by Gasteiger charge is -2.24. The minimum absolute atomic E-state index is 0.148. The lowest BCUT2D eigenvalue weighted by Crippen LogP contribution is -2.43. The van der Waals surface area contributed by atoms with Gasteiger partial charge in [-0.3, -0.25) is 9.79 Å². The molecule has 5 nitrogen and oxygen atoms in total. The largest absolute Gasteiger partial charge is 0.354 e. The van der Waals surface area contributed by atoms with Crippen molar-refractivity contribution in [3.05, 3.63) is 29.8 Å². The van der Waals surface area contributed by atoms with Gasteiger partial charge in [-0.15, -0.1) is 0 Å². The third-order valence-electron chi connectivity index (χ3n) is 4.72. The van der Waals surface area contributed by atoms with Crippen molar-refractivity contribution in [2.45, 2.75) is 52.6 Å². The number of rotatable bonds is 6. The van der Waals surface area contributed by atoms with Crippen molar-refractivity contribution >= 4 is 17.6 Å². The molecule has 3 N–H and O–H groups in total. The predicted molar refractivity (Wildman–Crippen MR) is 100 cm³/mol. The molecule has 132 valence electrons. The smallest absolute Gasteiger partial charge is 0.227 e. The topological polar surface area (TPSA) is 65.5 Å². The van der Waals surface area contributed by atoms with Crippen LogP contribution in [0.2, 0.25) is 0 Å². The average molecular weight is 330 g/mol. The quantitative estimate of drug-likeness (QED) is 0.554. The van der Waals surface area contributed by atoms with Gasteiger partial charge in [-0.05, 0) is 43.4 Å². The van der Waals surface area contributed by atoms with E-state index in [-0.39, 0.29) is 11.8 Å². The van der Waals surface area contributed by atoms with E-state index in [1.54, 1.807) is 7.05 Å². The van der Waals surface area contributed by atoms with Crippen LogP contribution in [0.1, 0.15) is 45.6 Å². The van der Waals surface area contributed by atoms with Crippen LogP contribution >= 0.6 is 0 Å². The maximum atomic E-state index is 12.0. The van der Waals surface area contributed by atoms with Crippen molar-refractivity contribution in [2.75, 3.05) is 12.4 Å². The van der Waals surface area contributed by atoms with Crippen molar-refractivity contribution in [3.8, 4) is 0 Å². The molecule has 0 heterocycles. The molecule has 0 saturated heterocycles. The molecule has 1 aromatic rings. The van der Waals surface area contributed by atoms with Crippen LogP contribution in [0.4, 0.5) is 5.69 Å². The molecule has 0 spiro atoms. The number of nitrogens with one attached hydrogen (secondary N) is 3. The van der Waals surface area contributed by atoms with E-state index in [1.807, 2.05) is 24.3 Å². The van der Waals surface area contributed by atoms with E-state index in [0.29, 0.717) is 18.5 Å². The molecule has 1 amide bonds. The van der Waals surface area contributed by atoms with Crippen LogP contribution in [0.5, 0.6) is 0 Å². The molecule has 1 aromatic carbocycles. The molecule has 0 radical (unpaired) electrons. The monoisotopic (exact) mass is 330 g/mol. The Labute approximate surface area is 145 Å². The molecule has 1 unspecified atom stereocenters. The van der Waals surface area contributed by atoms with Gasteiger partial charge in [-0.1, -0.05) is 32.4 Å². The summed E-state index contributed by atoms with van der Waals surface area (Å²) in [6, 6.07) is 8.33. The molecule has 1 aliphatic carbocycles. The lowest BCUT2D eigenvalue weighted by atomic mass is 9.85. The van der Waals surface area contributed by atoms with Crippen LogP contribution in [0.3, 0.4) is 0 Å². The number of nitrogens with zero attached hydrogens (tertiary/aromatic N) is 1. The Bertz CT molecular complexity index is 578. The molecular weight excluding hydrogens is 300 g/mol. The first-order valence-corrected chi connectivity index (χ1v) is 8.86. The highest BCUT2D eigenvalue weighted by molar-refractivity contribution is 5.93. The van der Waals surface area contributed by atoms with E-state index in [9.17, 15) is 4.79 Å². The number of aliphatic imine (C=N–C) groups is 1. The minimum atomic E-state index is 0.148. The molecule has 1 saturated carbocycles. The van der Waals surface area contributed by atoms with Gasteiger partial charge < -0.3 is 16.0 Å². The number of hydrogen-bond acceptors (Lipinski definition) is 2. The molecule has 5 heteroatoms. The first kappa shape index (κ1) is 18.3. The Morgan fingerprint density at radius 3 is 2.62 bits per heavy atom. The van der Waals surface area contributed by atoms with Crippen LogP contribution in [-0.2, 0) is 11.3 Å². The average Bonchev–Trinajstić information content (AvgIpc) is 2.49. The molecule has 1 fully saturated rings.